The first-order chi connectivity index (χ1) is 17.9. The van der Waals surface area contributed by atoms with Gasteiger partial charge in [0.25, 0.3) is 11.6 Å². The van der Waals surface area contributed by atoms with E-state index in [9.17, 15) is 14.9 Å². The monoisotopic (exact) mass is 491 g/mol. The van der Waals surface area contributed by atoms with E-state index in [-0.39, 0.29) is 17.8 Å². The summed E-state index contributed by atoms with van der Waals surface area (Å²) in [7, 11) is 0. The lowest BCUT2D eigenvalue weighted by atomic mass is 9.96. The number of benzene rings is 4. The third kappa shape index (κ3) is 4.96. The highest BCUT2D eigenvalue weighted by atomic mass is 16.6. The summed E-state index contributed by atoms with van der Waals surface area (Å²) in [6.45, 7) is 5.24. The molecule has 5 rings (SSSR count). The van der Waals surface area contributed by atoms with Crippen LogP contribution in [-0.2, 0) is 13.1 Å². The van der Waals surface area contributed by atoms with Gasteiger partial charge >= 0.3 is 0 Å². The van der Waals surface area contributed by atoms with Crippen molar-refractivity contribution in [2.75, 3.05) is 4.90 Å². The first-order valence-corrected chi connectivity index (χ1v) is 12.5. The molecular weight excluding hydrogens is 462 g/mol. The summed E-state index contributed by atoms with van der Waals surface area (Å²) in [4.78, 5) is 29.2. The molecule has 0 spiro atoms. The lowest BCUT2D eigenvalue weighted by Gasteiger charge is -2.46. The van der Waals surface area contributed by atoms with Crippen LogP contribution in [0, 0.1) is 10.1 Å². The van der Waals surface area contributed by atoms with Gasteiger partial charge in [0.1, 0.15) is 6.17 Å². The summed E-state index contributed by atoms with van der Waals surface area (Å²) >= 11 is 0. The van der Waals surface area contributed by atoms with E-state index in [0.717, 1.165) is 16.7 Å². The zero-order chi connectivity index (χ0) is 25.9. The summed E-state index contributed by atoms with van der Waals surface area (Å²) < 4.78 is 0. The molecule has 0 aliphatic carbocycles. The van der Waals surface area contributed by atoms with Crippen molar-refractivity contribution in [1.82, 2.24) is 4.90 Å². The number of nitrogens with zero attached hydrogens (tertiary/aromatic N) is 3. The molecule has 0 N–H and O–H groups in total. The normalized spacial score (nSPS) is 15.1. The molecule has 4 aromatic carbocycles. The van der Waals surface area contributed by atoms with Crippen LogP contribution in [0.15, 0.2) is 103 Å². The Morgan fingerprint density at radius 3 is 1.89 bits per heavy atom. The van der Waals surface area contributed by atoms with Crippen molar-refractivity contribution in [3.8, 4) is 0 Å². The van der Waals surface area contributed by atoms with Gasteiger partial charge in [-0.2, -0.15) is 0 Å². The number of non-ortho nitro benzene ring substituents is 1. The van der Waals surface area contributed by atoms with Crippen LogP contribution in [0.4, 0.5) is 11.4 Å². The molecule has 1 amide bonds. The molecule has 0 saturated carbocycles. The minimum absolute atomic E-state index is 0.0915. The predicted octanol–water partition coefficient (Wildman–Crippen LogP) is 7.08. The van der Waals surface area contributed by atoms with Crippen LogP contribution < -0.4 is 4.90 Å². The SMILES string of the molecule is CC(C)c1ccc([C@H]2N(Cc3ccccc3)C(=O)c3cc([N+](=O)[O-])ccc3N2Cc2ccccc2)cc1. The second-order valence-electron chi connectivity index (χ2n) is 9.69. The quantitative estimate of drug-likeness (QED) is 0.205. The second kappa shape index (κ2) is 10.3. The van der Waals surface area contributed by atoms with Gasteiger partial charge < -0.3 is 9.80 Å². The second-order valence-corrected chi connectivity index (χ2v) is 9.69. The molecule has 0 fully saturated rings. The lowest BCUT2D eigenvalue weighted by Crippen LogP contribution is -2.48. The number of carbonyl (C=O) groups is 1. The molecule has 0 aromatic heterocycles. The van der Waals surface area contributed by atoms with Crippen LogP contribution in [0.25, 0.3) is 0 Å². The minimum atomic E-state index is -0.451. The number of nitro benzene ring substituents is 1. The number of anilines is 1. The van der Waals surface area contributed by atoms with Crippen LogP contribution in [0.1, 0.15) is 58.5 Å². The maximum Gasteiger partial charge on any atom is 0.270 e. The van der Waals surface area contributed by atoms with E-state index in [1.807, 2.05) is 53.4 Å². The number of amides is 1. The van der Waals surface area contributed by atoms with Gasteiger partial charge in [0.15, 0.2) is 0 Å². The Hall–Kier alpha value is -4.45. The first kappa shape index (κ1) is 24.3. The molecule has 6 heteroatoms. The summed E-state index contributed by atoms with van der Waals surface area (Å²) in [6.07, 6.45) is -0.386. The van der Waals surface area contributed by atoms with Crippen molar-refractivity contribution >= 4 is 17.3 Å². The largest absolute Gasteiger partial charge is 0.342 e. The van der Waals surface area contributed by atoms with Crippen molar-refractivity contribution in [2.24, 2.45) is 0 Å². The Morgan fingerprint density at radius 1 is 0.784 bits per heavy atom. The molecule has 1 aliphatic heterocycles. The molecule has 186 valence electrons. The van der Waals surface area contributed by atoms with Crippen molar-refractivity contribution in [2.45, 2.75) is 39.0 Å². The highest BCUT2D eigenvalue weighted by Crippen LogP contribution is 2.42. The molecule has 0 bridgehead atoms. The van der Waals surface area contributed by atoms with E-state index in [0.29, 0.717) is 30.3 Å². The summed E-state index contributed by atoms with van der Waals surface area (Å²) in [6, 6.07) is 33.0. The zero-order valence-corrected chi connectivity index (χ0v) is 21.0. The topological polar surface area (TPSA) is 66.7 Å². The average Bonchev–Trinajstić information content (AvgIpc) is 2.92. The van der Waals surface area contributed by atoms with E-state index >= 15 is 0 Å². The smallest absolute Gasteiger partial charge is 0.270 e. The highest BCUT2D eigenvalue weighted by molar-refractivity contribution is 6.02. The molecule has 1 aliphatic rings. The van der Waals surface area contributed by atoms with Crippen LogP contribution in [0.2, 0.25) is 0 Å². The summed E-state index contributed by atoms with van der Waals surface area (Å²) in [5.41, 5.74) is 5.25. The minimum Gasteiger partial charge on any atom is -0.342 e. The molecule has 1 heterocycles. The first-order valence-electron chi connectivity index (χ1n) is 12.5. The summed E-state index contributed by atoms with van der Waals surface area (Å²) in [5, 5.41) is 11.6. The molecule has 4 aromatic rings. The number of rotatable bonds is 7. The standard InChI is InChI=1S/C31H29N3O3/c1-22(2)25-13-15-26(16-14-25)30-32(20-23-9-5-3-6-10-23)29-18-17-27(34(36)37)19-28(29)31(35)33(30)21-24-11-7-4-8-12-24/h3-19,22,30H,20-21H2,1-2H3/t30-/m1/s1. The van der Waals surface area contributed by atoms with Gasteiger partial charge in [-0.1, -0.05) is 98.8 Å². The zero-order valence-electron chi connectivity index (χ0n) is 21.0. The molecule has 37 heavy (non-hydrogen) atoms. The van der Waals surface area contributed by atoms with Gasteiger partial charge in [0.05, 0.1) is 16.2 Å². The third-order valence-corrected chi connectivity index (χ3v) is 6.87. The van der Waals surface area contributed by atoms with Gasteiger partial charge in [-0.3, -0.25) is 14.9 Å². The maximum atomic E-state index is 14.0. The van der Waals surface area contributed by atoms with Crippen LogP contribution in [0.5, 0.6) is 0 Å². The van der Waals surface area contributed by atoms with Gasteiger partial charge in [0, 0.05) is 25.2 Å². The van der Waals surface area contributed by atoms with Crippen molar-refractivity contribution in [3.05, 3.63) is 141 Å². The fourth-order valence-corrected chi connectivity index (χ4v) is 4.93. The molecule has 0 radical (unpaired) electrons. The van der Waals surface area contributed by atoms with Crippen LogP contribution >= 0.6 is 0 Å². The van der Waals surface area contributed by atoms with Gasteiger partial charge in [-0.25, -0.2) is 0 Å². The number of fused-ring (bicyclic) bond motifs is 1. The Balaban J connectivity index is 1.68. The number of hydrogen-bond donors (Lipinski definition) is 0. The highest BCUT2D eigenvalue weighted by Gasteiger charge is 2.39. The third-order valence-electron chi connectivity index (χ3n) is 6.87. The number of carbonyl (C=O) groups excluding carboxylic acids is 1. The maximum absolute atomic E-state index is 14.0. The molecule has 1 atom stereocenters. The van der Waals surface area contributed by atoms with Crippen LogP contribution in [-0.4, -0.2) is 15.7 Å². The van der Waals surface area contributed by atoms with Crippen LogP contribution in [0.3, 0.4) is 0 Å². The molecule has 0 unspecified atom stereocenters. The van der Waals surface area contributed by atoms with E-state index in [1.54, 1.807) is 6.07 Å². The van der Waals surface area contributed by atoms with Crippen molar-refractivity contribution < 1.29 is 9.72 Å². The Labute approximate surface area is 216 Å². The van der Waals surface area contributed by atoms with Gasteiger partial charge in [-0.05, 0) is 34.2 Å². The van der Waals surface area contributed by atoms with Crippen molar-refractivity contribution in [3.63, 3.8) is 0 Å². The Bertz CT molecular complexity index is 1400. The van der Waals surface area contributed by atoms with E-state index < -0.39 is 4.92 Å². The Morgan fingerprint density at radius 2 is 1.35 bits per heavy atom. The molecular formula is C31H29N3O3. The number of nitro groups is 1. The predicted molar refractivity (Wildman–Crippen MR) is 145 cm³/mol. The fraction of sp³-hybridized carbons (Fsp3) is 0.194. The summed E-state index contributed by atoms with van der Waals surface area (Å²) in [5.74, 6) is 0.175. The van der Waals surface area contributed by atoms with Gasteiger partial charge in [-0.15, -0.1) is 0 Å². The van der Waals surface area contributed by atoms with E-state index in [4.69, 9.17) is 0 Å². The molecule has 0 saturated heterocycles. The lowest BCUT2D eigenvalue weighted by molar-refractivity contribution is -0.384. The Kier molecular flexibility index (Phi) is 6.73. The molecule has 6 nitrogen and oxygen atoms in total. The van der Waals surface area contributed by atoms with E-state index in [1.165, 1.54) is 17.7 Å². The fourth-order valence-electron chi connectivity index (χ4n) is 4.93. The van der Waals surface area contributed by atoms with Crippen molar-refractivity contribution in [1.29, 1.82) is 0 Å². The van der Waals surface area contributed by atoms with Gasteiger partial charge in [0.2, 0.25) is 0 Å². The van der Waals surface area contributed by atoms with E-state index in [2.05, 4.69) is 55.1 Å². The average molecular weight is 492 g/mol. The number of hydrogen-bond acceptors (Lipinski definition) is 4.